The largest absolute Gasteiger partial charge is 0.466 e. The molecule has 5 heteroatoms. The summed E-state index contributed by atoms with van der Waals surface area (Å²) < 4.78 is 4.40. The molecule has 0 bridgehead atoms. The molecule has 1 aromatic rings. The molecule has 0 fully saturated rings. The molecule has 0 amide bonds. The van der Waals surface area contributed by atoms with Crippen LogP contribution in [0.25, 0.3) is 0 Å². The van der Waals surface area contributed by atoms with Gasteiger partial charge >= 0.3 is 5.97 Å². The first-order valence-electron chi connectivity index (χ1n) is 4.11. The summed E-state index contributed by atoms with van der Waals surface area (Å²) in [5.41, 5.74) is 0. The average Bonchev–Trinajstić information content (AvgIpc) is 2.56. The van der Waals surface area contributed by atoms with Gasteiger partial charge in [0.25, 0.3) is 0 Å². The Morgan fingerprint density at radius 3 is 2.29 bits per heavy atom. The minimum absolute atomic E-state index is 0.0417. The molecule has 1 rings (SSSR count). The lowest BCUT2D eigenvalue weighted by Crippen LogP contribution is -1.95. The summed E-state index contributed by atoms with van der Waals surface area (Å²) in [6.07, 6.45) is 1.63. The summed E-state index contributed by atoms with van der Waals surface area (Å²) in [7, 11) is 0. The van der Waals surface area contributed by atoms with Crippen molar-refractivity contribution >= 4 is 23.1 Å². The van der Waals surface area contributed by atoms with E-state index in [1.807, 2.05) is 0 Å². The molecule has 0 radical (unpaired) electrons. The standard InChI is InChI=1S/C5H5NOS.C4H8O2/c1-4(7)5-6-2-3-8-5;1-3-6-4(2)5/h2-3H,1H3;3H2,1-2H3. The van der Waals surface area contributed by atoms with Crippen molar-refractivity contribution < 1.29 is 14.3 Å². The van der Waals surface area contributed by atoms with E-state index in [1.165, 1.54) is 25.2 Å². The van der Waals surface area contributed by atoms with Crippen LogP contribution in [-0.2, 0) is 9.53 Å². The Bertz CT molecular complexity index is 282. The normalized spacial score (nSPS) is 8.50. The van der Waals surface area contributed by atoms with Crippen molar-refractivity contribution in [2.75, 3.05) is 6.61 Å². The van der Waals surface area contributed by atoms with Gasteiger partial charge in [-0.25, -0.2) is 4.98 Å². The molecular weight excluding hydrogens is 202 g/mol. The van der Waals surface area contributed by atoms with Gasteiger partial charge in [-0.3, -0.25) is 9.59 Å². The number of carbonyl (C=O) groups excluding carboxylic acids is 2. The second kappa shape index (κ2) is 7.20. The van der Waals surface area contributed by atoms with Crippen LogP contribution in [0.3, 0.4) is 0 Å². The second-order valence-electron chi connectivity index (χ2n) is 2.32. The van der Waals surface area contributed by atoms with Gasteiger partial charge in [0.05, 0.1) is 6.61 Å². The zero-order valence-electron chi connectivity index (χ0n) is 8.44. The average molecular weight is 215 g/mol. The first-order valence-corrected chi connectivity index (χ1v) is 4.99. The van der Waals surface area contributed by atoms with Gasteiger partial charge in [0, 0.05) is 25.4 Å². The molecule has 0 atom stereocenters. The maximum Gasteiger partial charge on any atom is 0.302 e. The molecule has 0 unspecified atom stereocenters. The van der Waals surface area contributed by atoms with Gasteiger partial charge in [-0.15, -0.1) is 11.3 Å². The van der Waals surface area contributed by atoms with Crippen molar-refractivity contribution in [2.24, 2.45) is 0 Å². The van der Waals surface area contributed by atoms with Crippen molar-refractivity contribution in [3.05, 3.63) is 16.6 Å². The fourth-order valence-corrected chi connectivity index (χ4v) is 1.14. The SMILES string of the molecule is CC(=O)c1nccs1.CCOC(C)=O. The van der Waals surface area contributed by atoms with Gasteiger partial charge in [-0.05, 0) is 6.92 Å². The third kappa shape index (κ3) is 6.30. The highest BCUT2D eigenvalue weighted by atomic mass is 32.1. The molecule has 0 aliphatic rings. The number of rotatable bonds is 2. The Morgan fingerprint density at radius 1 is 1.50 bits per heavy atom. The predicted molar refractivity (Wildman–Crippen MR) is 54.4 cm³/mol. The molecular formula is C9H13NO3S. The summed E-state index contributed by atoms with van der Waals surface area (Å²) >= 11 is 1.37. The zero-order chi connectivity index (χ0) is 11.0. The van der Waals surface area contributed by atoms with Crippen LogP contribution in [0.4, 0.5) is 0 Å². The van der Waals surface area contributed by atoms with Crippen LogP contribution in [0.2, 0.25) is 0 Å². The topological polar surface area (TPSA) is 56.3 Å². The minimum atomic E-state index is -0.211. The number of hydrogen-bond acceptors (Lipinski definition) is 5. The van der Waals surface area contributed by atoms with Crippen molar-refractivity contribution in [2.45, 2.75) is 20.8 Å². The fraction of sp³-hybridized carbons (Fsp3) is 0.444. The summed E-state index contributed by atoms with van der Waals surface area (Å²) in [6, 6.07) is 0. The number of ether oxygens (including phenoxy) is 1. The predicted octanol–water partition coefficient (Wildman–Crippen LogP) is 1.92. The van der Waals surface area contributed by atoms with Crippen molar-refractivity contribution in [1.82, 2.24) is 4.98 Å². The summed E-state index contributed by atoms with van der Waals surface area (Å²) in [5, 5.41) is 2.38. The summed E-state index contributed by atoms with van der Waals surface area (Å²) in [4.78, 5) is 24.1. The van der Waals surface area contributed by atoms with E-state index in [1.54, 1.807) is 18.5 Å². The second-order valence-corrected chi connectivity index (χ2v) is 3.21. The van der Waals surface area contributed by atoms with E-state index in [9.17, 15) is 9.59 Å². The molecule has 0 aliphatic carbocycles. The molecule has 0 saturated carbocycles. The number of nitrogens with zero attached hydrogens (tertiary/aromatic N) is 1. The van der Waals surface area contributed by atoms with Crippen molar-refractivity contribution in [3.63, 3.8) is 0 Å². The number of thiazole rings is 1. The van der Waals surface area contributed by atoms with E-state index in [-0.39, 0.29) is 11.8 Å². The smallest absolute Gasteiger partial charge is 0.302 e. The molecule has 14 heavy (non-hydrogen) atoms. The van der Waals surface area contributed by atoms with Gasteiger partial charge in [-0.2, -0.15) is 0 Å². The lowest BCUT2D eigenvalue weighted by atomic mass is 10.5. The van der Waals surface area contributed by atoms with Crippen LogP contribution >= 0.6 is 11.3 Å². The molecule has 0 aromatic carbocycles. The molecule has 0 aliphatic heterocycles. The van der Waals surface area contributed by atoms with E-state index < -0.39 is 0 Å². The highest BCUT2D eigenvalue weighted by molar-refractivity contribution is 7.11. The van der Waals surface area contributed by atoms with Crippen LogP contribution in [0.1, 0.15) is 30.6 Å². The Kier molecular flexibility index (Phi) is 6.57. The first kappa shape index (κ1) is 12.8. The maximum atomic E-state index is 10.5. The minimum Gasteiger partial charge on any atom is -0.466 e. The molecule has 1 heterocycles. The number of Topliss-reactive ketones (excluding diaryl/α,β-unsaturated/α-hetero) is 1. The van der Waals surface area contributed by atoms with Gasteiger partial charge in [0.15, 0.2) is 10.8 Å². The van der Waals surface area contributed by atoms with Crippen LogP contribution < -0.4 is 0 Å². The number of esters is 1. The molecule has 78 valence electrons. The quantitative estimate of drug-likeness (QED) is 0.558. The molecule has 0 N–H and O–H groups in total. The Labute approximate surface area is 86.9 Å². The highest BCUT2D eigenvalue weighted by Crippen LogP contribution is 2.02. The van der Waals surface area contributed by atoms with Gasteiger partial charge < -0.3 is 4.74 Å². The van der Waals surface area contributed by atoms with Gasteiger partial charge in [0.2, 0.25) is 0 Å². The van der Waals surface area contributed by atoms with E-state index >= 15 is 0 Å². The fourth-order valence-electron chi connectivity index (χ4n) is 0.601. The number of ketones is 1. The Morgan fingerprint density at radius 2 is 2.14 bits per heavy atom. The molecule has 4 nitrogen and oxygen atoms in total. The van der Waals surface area contributed by atoms with Crippen molar-refractivity contribution in [1.29, 1.82) is 0 Å². The van der Waals surface area contributed by atoms with Crippen LogP contribution in [-0.4, -0.2) is 23.3 Å². The monoisotopic (exact) mass is 215 g/mol. The number of carbonyl (C=O) groups is 2. The van der Waals surface area contributed by atoms with Crippen LogP contribution in [0.5, 0.6) is 0 Å². The van der Waals surface area contributed by atoms with E-state index in [0.717, 1.165) is 0 Å². The molecule has 0 saturated heterocycles. The first-order chi connectivity index (χ1) is 6.57. The summed E-state index contributed by atoms with van der Waals surface area (Å²) in [5.74, 6) is -0.169. The zero-order valence-corrected chi connectivity index (χ0v) is 9.26. The molecule has 0 spiro atoms. The van der Waals surface area contributed by atoms with Crippen LogP contribution in [0.15, 0.2) is 11.6 Å². The van der Waals surface area contributed by atoms with E-state index in [2.05, 4.69) is 9.72 Å². The highest BCUT2D eigenvalue weighted by Gasteiger charge is 1.97. The third-order valence-corrected chi connectivity index (χ3v) is 1.96. The Hall–Kier alpha value is -1.23. The summed E-state index contributed by atoms with van der Waals surface area (Å²) in [6.45, 7) is 5.17. The van der Waals surface area contributed by atoms with Gasteiger partial charge in [0.1, 0.15) is 0 Å². The number of aromatic nitrogens is 1. The maximum absolute atomic E-state index is 10.5. The van der Waals surface area contributed by atoms with Crippen LogP contribution in [0, 0.1) is 0 Å². The van der Waals surface area contributed by atoms with E-state index in [4.69, 9.17) is 0 Å². The number of hydrogen-bond donors (Lipinski definition) is 0. The van der Waals surface area contributed by atoms with E-state index in [0.29, 0.717) is 11.6 Å². The molecule has 1 aromatic heterocycles. The lowest BCUT2D eigenvalue weighted by Gasteiger charge is -1.89. The lowest BCUT2D eigenvalue weighted by molar-refractivity contribution is -0.140. The third-order valence-electron chi connectivity index (χ3n) is 1.08. The Balaban J connectivity index is 0.000000255. The van der Waals surface area contributed by atoms with Gasteiger partial charge in [-0.1, -0.05) is 0 Å². The van der Waals surface area contributed by atoms with Crippen molar-refractivity contribution in [3.8, 4) is 0 Å².